The van der Waals surface area contributed by atoms with Crippen molar-refractivity contribution in [1.29, 1.82) is 0 Å². The van der Waals surface area contributed by atoms with E-state index in [9.17, 15) is 19.5 Å². The van der Waals surface area contributed by atoms with E-state index >= 15 is 0 Å². The largest absolute Gasteiger partial charge is 0.507 e. The van der Waals surface area contributed by atoms with Crippen LogP contribution in [0.15, 0.2) is 28.9 Å². The van der Waals surface area contributed by atoms with E-state index in [4.69, 9.17) is 9.84 Å². The molecule has 1 aromatic carbocycles. The number of phenolic OH excluding ortho intramolecular Hbond substituents is 1. The number of rotatable bonds is 11. The van der Waals surface area contributed by atoms with Gasteiger partial charge in [-0.25, -0.2) is 0 Å². The number of likely N-dealkylation sites (tertiary alicyclic amines) is 1. The van der Waals surface area contributed by atoms with Crippen LogP contribution in [0.4, 0.5) is 0 Å². The lowest BCUT2D eigenvalue weighted by Crippen LogP contribution is -2.34. The van der Waals surface area contributed by atoms with Crippen molar-refractivity contribution < 1.29 is 29.3 Å². The third kappa shape index (κ3) is 5.73. The highest BCUT2D eigenvalue weighted by atomic mass is 16.5. The lowest BCUT2D eigenvalue weighted by molar-refractivity contribution is -0.141. The minimum absolute atomic E-state index is 0.0350. The Morgan fingerprint density at radius 2 is 1.76 bits per heavy atom. The maximum atomic E-state index is 13.4. The van der Waals surface area contributed by atoms with Gasteiger partial charge >= 0.3 is 5.97 Å². The van der Waals surface area contributed by atoms with Crippen molar-refractivity contribution in [1.82, 2.24) is 4.90 Å². The van der Waals surface area contributed by atoms with Crippen molar-refractivity contribution in [3.63, 3.8) is 0 Å². The predicted molar refractivity (Wildman–Crippen MR) is 145 cm³/mol. The van der Waals surface area contributed by atoms with E-state index in [1.807, 2.05) is 26.0 Å². The van der Waals surface area contributed by atoms with Crippen molar-refractivity contribution in [3.05, 3.63) is 45.5 Å². The number of aryl methyl sites for hydroxylation is 2. The Hall–Kier alpha value is -2.93. The zero-order valence-electron chi connectivity index (χ0n) is 23.1. The molecule has 0 saturated carbocycles. The van der Waals surface area contributed by atoms with Gasteiger partial charge in [-0.2, -0.15) is 0 Å². The van der Waals surface area contributed by atoms with Crippen LogP contribution in [0.2, 0.25) is 0 Å². The van der Waals surface area contributed by atoms with Crippen LogP contribution in [0.25, 0.3) is 6.08 Å². The lowest BCUT2D eigenvalue weighted by atomic mass is 9.70. The number of carboxylic acids is 1. The first-order valence-corrected chi connectivity index (χ1v) is 14.0. The molecule has 0 bridgehead atoms. The number of aliphatic carboxylic acids is 1. The van der Waals surface area contributed by atoms with Gasteiger partial charge in [-0.15, -0.1) is 0 Å². The zero-order valence-corrected chi connectivity index (χ0v) is 23.1. The van der Waals surface area contributed by atoms with Gasteiger partial charge in [0, 0.05) is 18.9 Å². The van der Waals surface area contributed by atoms with Crippen LogP contribution in [0.1, 0.15) is 81.9 Å². The summed E-state index contributed by atoms with van der Waals surface area (Å²) in [4.78, 5) is 38.7. The van der Waals surface area contributed by atoms with Crippen LogP contribution in [0.3, 0.4) is 0 Å². The first-order chi connectivity index (χ1) is 18.1. The second-order valence-corrected chi connectivity index (χ2v) is 11.2. The average Bonchev–Trinajstić information content (AvgIpc) is 3.39. The number of carboxylic acid groups (broad SMARTS) is 1. The van der Waals surface area contributed by atoms with Crippen molar-refractivity contribution in [2.24, 2.45) is 17.8 Å². The van der Waals surface area contributed by atoms with Gasteiger partial charge in [0.2, 0.25) is 11.8 Å². The summed E-state index contributed by atoms with van der Waals surface area (Å²) < 4.78 is 6.28. The molecule has 1 aliphatic carbocycles. The summed E-state index contributed by atoms with van der Waals surface area (Å²) in [5, 5.41) is 18.9. The minimum Gasteiger partial charge on any atom is -0.507 e. The summed E-state index contributed by atoms with van der Waals surface area (Å²) in [5.41, 5.74) is 6.56. The Balaban J connectivity index is 1.41. The topological polar surface area (TPSA) is 104 Å². The second-order valence-electron chi connectivity index (χ2n) is 11.2. The van der Waals surface area contributed by atoms with Gasteiger partial charge in [0.15, 0.2) is 0 Å². The van der Waals surface area contributed by atoms with Gasteiger partial charge in [0.1, 0.15) is 5.75 Å². The molecule has 4 rings (SSSR count). The van der Waals surface area contributed by atoms with Gasteiger partial charge in [0.05, 0.1) is 24.5 Å². The molecule has 0 radical (unpaired) electrons. The van der Waals surface area contributed by atoms with Crippen LogP contribution in [0, 0.1) is 31.6 Å². The monoisotopic (exact) mass is 523 g/mol. The molecular formula is C31H41NO6. The Morgan fingerprint density at radius 3 is 2.42 bits per heavy atom. The lowest BCUT2D eigenvalue weighted by Gasteiger charge is -2.30. The number of benzene rings is 1. The summed E-state index contributed by atoms with van der Waals surface area (Å²) in [6.45, 7) is 8.92. The summed E-state index contributed by atoms with van der Waals surface area (Å²) in [5.74, 6) is -1.30. The van der Waals surface area contributed by atoms with Gasteiger partial charge < -0.3 is 14.9 Å². The number of hydrogen-bond donors (Lipinski definition) is 2. The van der Waals surface area contributed by atoms with Crippen LogP contribution in [-0.4, -0.2) is 52.2 Å². The number of carbonyl (C=O) groups excluding carboxylic acids is 2. The van der Waals surface area contributed by atoms with Gasteiger partial charge in [-0.05, 0) is 93.7 Å². The molecule has 1 aromatic rings. The van der Waals surface area contributed by atoms with E-state index < -0.39 is 5.97 Å². The smallest absolute Gasteiger partial charge is 0.303 e. The number of hydrogen-bond acceptors (Lipinski definition) is 5. The Kier molecular flexibility index (Phi) is 8.76. The molecule has 2 saturated heterocycles. The molecular weight excluding hydrogens is 482 g/mol. The SMILES string of the molecule is CC/C(=C\c1cc(C)c(O)c(C)c1)CC[C@H]1OC[C@H]2C1=C(C)C[C@H]1C(=O)N(CCCCCC(=O)O)C(=O)[C@H]12. The fourth-order valence-electron chi connectivity index (χ4n) is 6.61. The predicted octanol–water partition coefficient (Wildman–Crippen LogP) is 5.56. The summed E-state index contributed by atoms with van der Waals surface area (Å²) in [7, 11) is 0. The number of unbranched alkanes of at least 4 members (excludes halogenated alkanes) is 2. The average molecular weight is 524 g/mol. The summed E-state index contributed by atoms with van der Waals surface area (Å²) in [6, 6.07) is 4.02. The number of ether oxygens (including phenoxy) is 1. The number of phenols is 1. The summed E-state index contributed by atoms with van der Waals surface area (Å²) >= 11 is 0. The number of amides is 2. The molecule has 2 heterocycles. The number of imide groups is 1. The molecule has 2 amide bonds. The molecule has 7 heteroatoms. The van der Waals surface area contributed by atoms with Crippen molar-refractivity contribution >= 4 is 23.9 Å². The Labute approximate surface area is 225 Å². The number of carbonyl (C=O) groups is 3. The fourth-order valence-corrected chi connectivity index (χ4v) is 6.61. The first kappa shape index (κ1) is 28.1. The van der Waals surface area contributed by atoms with Crippen molar-refractivity contribution in [2.45, 2.75) is 85.2 Å². The van der Waals surface area contributed by atoms with E-state index in [1.54, 1.807) is 0 Å². The first-order valence-electron chi connectivity index (χ1n) is 14.0. The van der Waals surface area contributed by atoms with Crippen molar-refractivity contribution in [2.75, 3.05) is 13.2 Å². The number of aromatic hydroxyl groups is 1. The van der Waals surface area contributed by atoms with Crippen LogP contribution < -0.4 is 0 Å². The number of fused-ring (bicyclic) bond motifs is 3. The quantitative estimate of drug-likeness (QED) is 0.223. The molecule has 2 aliphatic heterocycles. The molecule has 7 nitrogen and oxygen atoms in total. The van der Waals surface area contributed by atoms with Crippen LogP contribution in [-0.2, 0) is 19.1 Å². The molecule has 2 fully saturated rings. The highest BCUT2D eigenvalue weighted by Crippen LogP contribution is 2.49. The molecule has 2 N–H and O–H groups in total. The Bertz CT molecular complexity index is 1140. The molecule has 0 aromatic heterocycles. The number of allylic oxidation sites excluding steroid dienone is 2. The highest BCUT2D eigenvalue weighted by Gasteiger charge is 2.56. The van der Waals surface area contributed by atoms with E-state index in [2.05, 4.69) is 19.9 Å². The van der Waals surface area contributed by atoms with Gasteiger partial charge in [-0.1, -0.05) is 30.6 Å². The molecule has 4 atom stereocenters. The third-order valence-corrected chi connectivity index (χ3v) is 8.58. The van der Waals surface area contributed by atoms with Gasteiger partial charge in [-0.3, -0.25) is 19.3 Å². The van der Waals surface area contributed by atoms with Crippen molar-refractivity contribution in [3.8, 4) is 5.75 Å². The molecule has 38 heavy (non-hydrogen) atoms. The van der Waals surface area contributed by atoms with Gasteiger partial charge in [0.25, 0.3) is 0 Å². The molecule has 3 aliphatic rings. The maximum Gasteiger partial charge on any atom is 0.303 e. The van der Waals surface area contributed by atoms with E-state index in [0.29, 0.717) is 44.6 Å². The molecule has 0 unspecified atom stereocenters. The molecule has 206 valence electrons. The van der Waals surface area contributed by atoms with Crippen LogP contribution in [0.5, 0.6) is 5.75 Å². The molecule has 0 spiro atoms. The normalized spacial score (nSPS) is 25.3. The Morgan fingerprint density at radius 1 is 1.05 bits per heavy atom. The van der Waals surface area contributed by atoms with E-state index in [1.165, 1.54) is 21.6 Å². The zero-order chi connectivity index (χ0) is 27.6. The highest BCUT2D eigenvalue weighted by molar-refractivity contribution is 6.05. The van der Waals surface area contributed by atoms with Crippen LogP contribution >= 0.6 is 0 Å². The number of nitrogens with zero attached hydrogens (tertiary/aromatic N) is 1. The minimum atomic E-state index is -0.818. The van der Waals surface area contributed by atoms with E-state index in [-0.39, 0.29) is 42.1 Å². The van der Waals surface area contributed by atoms with E-state index in [0.717, 1.165) is 36.0 Å². The fraction of sp³-hybridized carbons (Fsp3) is 0.581. The summed E-state index contributed by atoms with van der Waals surface area (Å²) in [6.07, 6.45) is 7.42. The third-order valence-electron chi connectivity index (χ3n) is 8.58. The second kappa shape index (κ2) is 11.9. The maximum absolute atomic E-state index is 13.4. The standard InChI is InChI=1S/C31H41NO6/c1-5-21(16-22-13-19(3)29(35)20(4)14-22)10-11-25-27-18(2)15-23-28(24(27)17-38-25)31(37)32(30(23)36)12-8-6-7-9-26(33)34/h13-14,16,23-25,28,35H,5-12,15,17H2,1-4H3,(H,33,34)/b21-16+/t23-,24+,25-,28-/m1/s1.